The first-order valence-corrected chi connectivity index (χ1v) is 16.6. The van der Waals surface area contributed by atoms with Gasteiger partial charge in [-0.3, -0.25) is 14.4 Å². The normalized spacial score (nSPS) is 14.6. The van der Waals surface area contributed by atoms with Gasteiger partial charge in [-0.1, -0.05) is 65.7 Å². The fraction of sp³-hybridized carbons (Fsp3) is 0.139. The minimum absolute atomic E-state index is 0.0978. The van der Waals surface area contributed by atoms with Crippen LogP contribution in [0.15, 0.2) is 120 Å². The van der Waals surface area contributed by atoms with Crippen molar-refractivity contribution in [1.29, 1.82) is 0 Å². The van der Waals surface area contributed by atoms with Crippen LogP contribution in [0.5, 0.6) is 5.75 Å². The summed E-state index contributed by atoms with van der Waals surface area (Å²) in [5, 5.41) is 0.162. The van der Waals surface area contributed by atoms with Crippen LogP contribution in [0.3, 0.4) is 0 Å². The smallest absolute Gasteiger partial charge is 0.262 e. The van der Waals surface area contributed by atoms with E-state index in [1.807, 2.05) is 61.2 Å². The molecule has 0 saturated carbocycles. The molecule has 234 valence electrons. The maximum Gasteiger partial charge on any atom is 0.262 e. The number of fused-ring (bicyclic) bond motifs is 1. The van der Waals surface area contributed by atoms with Gasteiger partial charge in [-0.25, -0.2) is 12.8 Å². The van der Waals surface area contributed by atoms with Crippen molar-refractivity contribution >= 4 is 44.6 Å². The van der Waals surface area contributed by atoms with Crippen LogP contribution in [0.25, 0.3) is 0 Å². The molecule has 0 aliphatic carbocycles. The molecule has 5 aromatic rings. The Bertz CT molecular complexity index is 1970. The first-order valence-electron chi connectivity index (χ1n) is 14.7. The van der Waals surface area contributed by atoms with Gasteiger partial charge in [0.1, 0.15) is 17.7 Å². The molecular weight excluding hydrogens is 625 g/mol. The van der Waals surface area contributed by atoms with E-state index >= 15 is 4.39 Å². The van der Waals surface area contributed by atoms with Crippen LogP contribution in [-0.4, -0.2) is 20.9 Å². The minimum Gasteiger partial charge on any atom is -0.494 e. The minimum atomic E-state index is -4.10. The highest BCUT2D eigenvalue weighted by molar-refractivity contribution is 7.92. The third-order valence-electron chi connectivity index (χ3n) is 7.76. The average molecular weight is 656 g/mol. The van der Waals surface area contributed by atoms with Crippen LogP contribution < -0.4 is 19.3 Å². The summed E-state index contributed by atoms with van der Waals surface area (Å²) in [5.41, 5.74) is 3.45. The van der Waals surface area contributed by atoms with Crippen molar-refractivity contribution in [3.63, 3.8) is 0 Å². The van der Waals surface area contributed by atoms with Crippen molar-refractivity contribution in [2.45, 2.75) is 31.5 Å². The number of halogens is 2. The Morgan fingerprint density at radius 1 is 0.891 bits per heavy atom. The number of amides is 1. The highest BCUT2D eigenvalue weighted by Crippen LogP contribution is 2.45. The number of benzene rings is 5. The van der Waals surface area contributed by atoms with E-state index in [9.17, 15) is 13.2 Å². The monoisotopic (exact) mass is 655 g/mol. The summed E-state index contributed by atoms with van der Waals surface area (Å²) in [4.78, 5) is 17.8. The summed E-state index contributed by atoms with van der Waals surface area (Å²) < 4.78 is 51.0. The lowest BCUT2D eigenvalue weighted by atomic mass is 9.98. The number of hydrogen-bond acceptors (Lipinski definition) is 5. The fourth-order valence-electron chi connectivity index (χ4n) is 5.57. The predicted octanol–water partition coefficient (Wildman–Crippen LogP) is 8.35. The van der Waals surface area contributed by atoms with Crippen molar-refractivity contribution in [2.75, 3.05) is 21.1 Å². The maximum absolute atomic E-state index is 15.8. The lowest BCUT2D eigenvalue weighted by molar-refractivity contribution is 0.0967. The molecule has 6 rings (SSSR count). The van der Waals surface area contributed by atoms with E-state index in [-0.39, 0.29) is 27.6 Å². The van der Waals surface area contributed by atoms with E-state index in [0.717, 1.165) is 11.1 Å². The van der Waals surface area contributed by atoms with Gasteiger partial charge in [-0.2, -0.15) is 0 Å². The summed E-state index contributed by atoms with van der Waals surface area (Å²) in [6.07, 6.45) is -0.985. The third-order valence-corrected chi connectivity index (χ3v) is 9.47. The summed E-state index contributed by atoms with van der Waals surface area (Å²) in [6, 6.07) is 32.3. The first kappa shape index (κ1) is 31.1. The fourth-order valence-corrected chi connectivity index (χ4v) is 6.92. The van der Waals surface area contributed by atoms with Gasteiger partial charge >= 0.3 is 0 Å². The number of carbonyl (C=O) groups is 1. The highest BCUT2D eigenvalue weighted by atomic mass is 35.5. The second-order valence-electron chi connectivity index (χ2n) is 10.9. The number of anilines is 3. The second-order valence-corrected chi connectivity index (χ2v) is 13.0. The molecule has 1 aliphatic rings. The molecule has 1 atom stereocenters. The van der Waals surface area contributed by atoms with Crippen molar-refractivity contribution in [2.24, 2.45) is 0 Å². The van der Waals surface area contributed by atoms with Gasteiger partial charge in [-0.15, -0.1) is 0 Å². The maximum atomic E-state index is 15.8. The Kier molecular flexibility index (Phi) is 8.71. The van der Waals surface area contributed by atoms with Gasteiger partial charge in [0.15, 0.2) is 0 Å². The van der Waals surface area contributed by atoms with Crippen molar-refractivity contribution in [3.05, 3.63) is 148 Å². The lowest BCUT2D eigenvalue weighted by Crippen LogP contribution is -2.50. The molecule has 1 amide bonds. The van der Waals surface area contributed by atoms with E-state index in [4.69, 9.17) is 16.3 Å². The van der Waals surface area contributed by atoms with Gasteiger partial charge < -0.3 is 9.64 Å². The van der Waals surface area contributed by atoms with E-state index in [1.54, 1.807) is 48.5 Å². The standard InChI is InChI=1S/C36H31ClFN3O4S/c1-3-45-28-18-14-26(15-19-28)39-46(43,44)29-20-21-33-30(22-29)36(42)41(27-16-12-24(2)13-17-27)35(34-31(37)10-7-11-32(34)38)40(33)23-25-8-5-4-6-9-25/h4-22,35,39H,3,23H2,1-2H3/t35-/m0/s1. The summed E-state index contributed by atoms with van der Waals surface area (Å²) >= 11 is 6.67. The molecule has 0 saturated heterocycles. The van der Waals surface area contributed by atoms with E-state index in [1.165, 1.54) is 29.2 Å². The van der Waals surface area contributed by atoms with Crippen LogP contribution in [0.4, 0.5) is 21.5 Å². The van der Waals surface area contributed by atoms with Gasteiger partial charge in [0.25, 0.3) is 15.9 Å². The molecule has 0 fully saturated rings. The summed E-state index contributed by atoms with van der Waals surface area (Å²) in [7, 11) is -4.10. The Morgan fingerprint density at radius 3 is 2.28 bits per heavy atom. The third kappa shape index (κ3) is 6.16. The topological polar surface area (TPSA) is 78.9 Å². The van der Waals surface area contributed by atoms with Crippen LogP contribution in [-0.2, 0) is 16.6 Å². The highest BCUT2D eigenvalue weighted by Gasteiger charge is 2.42. The Labute approximate surface area is 272 Å². The van der Waals surface area contributed by atoms with Crippen LogP contribution in [0.2, 0.25) is 5.02 Å². The SMILES string of the molecule is CCOc1ccc(NS(=O)(=O)c2ccc3c(c2)C(=O)N(c2ccc(C)cc2)[C@@H](c2c(F)cccc2Cl)N3Cc2ccccc2)cc1. The molecule has 1 heterocycles. The second kappa shape index (κ2) is 12.9. The molecule has 46 heavy (non-hydrogen) atoms. The Balaban J connectivity index is 1.51. The van der Waals surface area contributed by atoms with Crippen LogP contribution in [0.1, 0.15) is 40.1 Å². The predicted molar refractivity (Wildman–Crippen MR) is 180 cm³/mol. The molecule has 5 aromatic carbocycles. The number of sulfonamides is 1. The van der Waals surface area contributed by atoms with E-state index in [2.05, 4.69) is 4.72 Å². The number of nitrogens with one attached hydrogen (secondary N) is 1. The van der Waals surface area contributed by atoms with Crippen molar-refractivity contribution in [3.8, 4) is 5.75 Å². The zero-order chi connectivity index (χ0) is 32.4. The molecule has 1 aliphatic heterocycles. The molecule has 0 unspecified atom stereocenters. The molecule has 0 radical (unpaired) electrons. The number of rotatable bonds is 9. The number of carbonyl (C=O) groups excluding carboxylic acids is 1. The quantitative estimate of drug-likeness (QED) is 0.173. The first-order chi connectivity index (χ1) is 22.2. The number of hydrogen-bond donors (Lipinski definition) is 1. The molecule has 7 nitrogen and oxygen atoms in total. The van der Waals surface area contributed by atoms with Gasteiger partial charge in [0.2, 0.25) is 0 Å². The number of nitrogens with zero attached hydrogens (tertiary/aromatic N) is 2. The van der Waals surface area contributed by atoms with E-state index in [0.29, 0.717) is 29.4 Å². The zero-order valence-electron chi connectivity index (χ0n) is 25.2. The molecule has 0 bridgehead atoms. The van der Waals surface area contributed by atoms with Gasteiger partial charge in [0.05, 0.1) is 27.8 Å². The van der Waals surface area contributed by atoms with Crippen molar-refractivity contribution in [1.82, 2.24) is 0 Å². The zero-order valence-corrected chi connectivity index (χ0v) is 26.7. The number of aryl methyl sites for hydroxylation is 1. The Morgan fingerprint density at radius 2 is 1.61 bits per heavy atom. The van der Waals surface area contributed by atoms with Crippen molar-refractivity contribution < 1.29 is 22.3 Å². The van der Waals surface area contributed by atoms with Gasteiger partial charge in [0, 0.05) is 23.5 Å². The van der Waals surface area contributed by atoms with Crippen LogP contribution in [0, 0.1) is 12.7 Å². The molecule has 1 N–H and O–H groups in total. The summed E-state index contributed by atoms with van der Waals surface area (Å²) in [6.45, 7) is 4.55. The molecule has 0 spiro atoms. The number of ether oxygens (including phenoxy) is 1. The largest absolute Gasteiger partial charge is 0.494 e. The average Bonchev–Trinajstić information content (AvgIpc) is 3.04. The Hall–Kier alpha value is -4.86. The van der Waals surface area contributed by atoms with Gasteiger partial charge in [-0.05, 0) is 86.1 Å². The molecular formula is C36H31ClFN3O4S. The summed E-state index contributed by atoms with van der Waals surface area (Å²) in [5.74, 6) is -0.447. The lowest BCUT2D eigenvalue weighted by Gasteiger charge is -2.46. The molecule has 10 heteroatoms. The van der Waals surface area contributed by atoms with E-state index < -0.39 is 27.9 Å². The van der Waals surface area contributed by atoms with Crippen LogP contribution >= 0.6 is 11.6 Å². The molecule has 0 aromatic heterocycles.